The van der Waals surface area contributed by atoms with E-state index in [0.29, 0.717) is 6.67 Å². The van der Waals surface area contributed by atoms with E-state index < -0.39 is 0 Å². The Morgan fingerprint density at radius 1 is 0.759 bits per heavy atom. The molecule has 0 fully saturated rings. The Hall–Kier alpha value is -3.94. The van der Waals surface area contributed by atoms with Crippen molar-refractivity contribution in [3.63, 3.8) is 0 Å². The minimum atomic E-state index is 0.474. The first kappa shape index (κ1) is 15.0. The van der Waals surface area contributed by atoms with Gasteiger partial charge in [0.1, 0.15) is 6.67 Å². The summed E-state index contributed by atoms with van der Waals surface area (Å²) in [7, 11) is 0. The highest BCUT2D eigenvalue weighted by molar-refractivity contribution is 5.98. The molecular weight excluding hydrogens is 368 g/mol. The second-order valence-corrected chi connectivity index (χ2v) is 7.42. The fourth-order valence-corrected chi connectivity index (χ4v) is 4.21. The molecule has 2 aromatic heterocycles. The first-order chi connectivity index (χ1) is 14.2. The molecule has 0 unspecified atom stereocenters. The Labute approximate surface area is 162 Å². The predicted octanol–water partition coefficient (Wildman–Crippen LogP) is 3.58. The standard InChI is InChI=1S/C21H16N6O2/c1-9-20-19(28-17-4-12-11(23-8-24-12)3-15(17)27-20)6-16-21(9)29-18-5-13-10(22-7-25-13)2-14(18)26-16/h2-6,22,25-27H,7-8H2,1H3. The molecule has 3 aromatic carbocycles. The highest BCUT2D eigenvalue weighted by atomic mass is 16.3. The first-order valence-corrected chi connectivity index (χ1v) is 9.49. The van der Waals surface area contributed by atoms with Crippen molar-refractivity contribution in [3.05, 3.63) is 46.6 Å². The highest BCUT2D eigenvalue weighted by Gasteiger charge is 2.15. The van der Waals surface area contributed by atoms with E-state index in [1.807, 2.05) is 31.2 Å². The van der Waals surface area contributed by atoms with Gasteiger partial charge in [0.25, 0.3) is 0 Å². The minimum Gasteiger partial charge on any atom is -0.453 e. The van der Waals surface area contributed by atoms with Crippen molar-refractivity contribution in [2.75, 3.05) is 24.0 Å². The summed E-state index contributed by atoms with van der Waals surface area (Å²) >= 11 is 0. The predicted molar refractivity (Wildman–Crippen MR) is 111 cm³/mol. The molecular formula is C21H16N6O2. The van der Waals surface area contributed by atoms with E-state index in [9.17, 15) is 0 Å². The number of rotatable bonds is 0. The molecule has 8 heteroatoms. The van der Waals surface area contributed by atoms with Crippen LogP contribution in [0, 0.1) is 6.92 Å². The number of aromatic nitrogens is 2. The molecule has 29 heavy (non-hydrogen) atoms. The normalized spacial score (nSPS) is 14.5. The zero-order chi connectivity index (χ0) is 19.1. The number of anilines is 2. The van der Waals surface area contributed by atoms with Gasteiger partial charge in [0.15, 0.2) is 22.3 Å². The number of fused-ring (bicyclic) bond motifs is 6. The van der Waals surface area contributed by atoms with Crippen LogP contribution in [0.15, 0.2) is 49.2 Å². The molecule has 4 N–H and O–H groups in total. The van der Waals surface area contributed by atoms with Crippen LogP contribution in [0.2, 0.25) is 0 Å². The van der Waals surface area contributed by atoms with Crippen molar-refractivity contribution in [1.29, 1.82) is 0 Å². The first-order valence-electron chi connectivity index (χ1n) is 9.49. The fourth-order valence-electron chi connectivity index (χ4n) is 4.21. The van der Waals surface area contributed by atoms with E-state index in [2.05, 4.69) is 36.7 Å². The maximum atomic E-state index is 6.30. The Morgan fingerprint density at radius 3 is 2.41 bits per heavy atom. The summed E-state index contributed by atoms with van der Waals surface area (Å²) in [5.74, 6) is 0. The Bertz CT molecular complexity index is 1680. The monoisotopic (exact) mass is 384 g/mol. The molecule has 0 spiro atoms. The van der Waals surface area contributed by atoms with Crippen molar-refractivity contribution in [3.8, 4) is 0 Å². The van der Waals surface area contributed by atoms with E-state index in [1.54, 1.807) is 0 Å². The lowest BCUT2D eigenvalue weighted by Gasteiger charge is -2.10. The van der Waals surface area contributed by atoms with Crippen LogP contribution in [0.5, 0.6) is 0 Å². The average Bonchev–Trinajstić information content (AvgIpc) is 3.36. The van der Waals surface area contributed by atoms with Crippen molar-refractivity contribution < 1.29 is 8.83 Å². The van der Waals surface area contributed by atoms with Crippen LogP contribution in [0.25, 0.3) is 44.4 Å². The van der Waals surface area contributed by atoms with Crippen LogP contribution in [-0.4, -0.2) is 23.3 Å². The molecule has 8 nitrogen and oxygen atoms in total. The van der Waals surface area contributed by atoms with Gasteiger partial charge in [0, 0.05) is 23.8 Å². The zero-order valence-corrected chi connectivity index (χ0v) is 15.5. The molecule has 4 heterocycles. The van der Waals surface area contributed by atoms with Gasteiger partial charge in [-0.25, -0.2) is 0 Å². The van der Waals surface area contributed by atoms with E-state index in [1.165, 1.54) is 0 Å². The van der Waals surface area contributed by atoms with Crippen molar-refractivity contribution in [2.45, 2.75) is 6.92 Å². The van der Waals surface area contributed by atoms with E-state index >= 15 is 0 Å². The van der Waals surface area contributed by atoms with Gasteiger partial charge in [-0.15, -0.1) is 0 Å². The molecule has 0 amide bonds. The molecule has 0 radical (unpaired) electrons. The topological polar surface area (TPSA) is 107 Å². The number of hydrogen-bond donors (Lipinski definition) is 4. The third-order valence-electron chi connectivity index (χ3n) is 5.68. The molecule has 0 bridgehead atoms. The van der Waals surface area contributed by atoms with Crippen LogP contribution in [-0.2, 0) is 0 Å². The largest absolute Gasteiger partial charge is 0.453 e. The van der Waals surface area contributed by atoms with Crippen LogP contribution in [0.1, 0.15) is 5.56 Å². The van der Waals surface area contributed by atoms with E-state index in [0.717, 1.165) is 78.7 Å². The van der Waals surface area contributed by atoms with Crippen molar-refractivity contribution in [2.24, 2.45) is 9.98 Å². The van der Waals surface area contributed by atoms with Gasteiger partial charge in [-0.3, -0.25) is 9.98 Å². The second-order valence-electron chi connectivity index (χ2n) is 7.42. The minimum absolute atomic E-state index is 0.474. The molecule has 142 valence electrons. The average molecular weight is 384 g/mol. The van der Waals surface area contributed by atoms with Gasteiger partial charge >= 0.3 is 0 Å². The molecule has 0 saturated carbocycles. The third-order valence-corrected chi connectivity index (χ3v) is 5.68. The Balaban J connectivity index is 1.59. The summed E-state index contributed by atoms with van der Waals surface area (Å²) in [6.45, 7) is 3.23. The van der Waals surface area contributed by atoms with Crippen molar-refractivity contribution in [1.82, 2.24) is 9.97 Å². The third kappa shape index (κ3) is 2.02. The Kier molecular flexibility index (Phi) is 2.65. The number of benzene rings is 3. The summed E-state index contributed by atoms with van der Waals surface area (Å²) in [6, 6.07) is 9.98. The summed E-state index contributed by atoms with van der Waals surface area (Å²) < 4.78 is 12.5. The molecule has 2 aliphatic heterocycles. The highest BCUT2D eigenvalue weighted by Crippen LogP contribution is 2.34. The molecule has 0 saturated heterocycles. The van der Waals surface area contributed by atoms with E-state index in [-0.39, 0.29) is 0 Å². The maximum Gasteiger partial charge on any atom is 0.156 e. The number of nitrogens with one attached hydrogen (secondary N) is 4. The number of hydrogen-bond acceptors (Lipinski definition) is 6. The summed E-state index contributed by atoms with van der Waals surface area (Å²) in [4.78, 5) is 15.8. The van der Waals surface area contributed by atoms with Gasteiger partial charge in [-0.05, 0) is 19.1 Å². The van der Waals surface area contributed by atoms with Crippen LogP contribution < -0.4 is 21.3 Å². The molecule has 5 aromatic rings. The second kappa shape index (κ2) is 5.11. The van der Waals surface area contributed by atoms with Gasteiger partial charge in [-0.2, -0.15) is 0 Å². The van der Waals surface area contributed by atoms with Crippen LogP contribution in [0.3, 0.4) is 0 Å². The lowest BCUT2D eigenvalue weighted by Crippen LogP contribution is -2.21. The van der Waals surface area contributed by atoms with Crippen LogP contribution in [0.4, 0.5) is 11.4 Å². The quantitative estimate of drug-likeness (QED) is 0.306. The van der Waals surface area contributed by atoms with Gasteiger partial charge in [0.05, 0.1) is 50.8 Å². The summed E-state index contributed by atoms with van der Waals surface area (Å²) in [6.07, 6.45) is 0. The Morgan fingerprint density at radius 2 is 1.52 bits per heavy atom. The van der Waals surface area contributed by atoms with Gasteiger partial charge in [-0.1, -0.05) is 0 Å². The lowest BCUT2D eigenvalue weighted by atomic mass is 10.1. The fraction of sp³-hybridized carbons (Fsp3) is 0.143. The number of aromatic amines is 2. The van der Waals surface area contributed by atoms with Gasteiger partial charge < -0.3 is 29.4 Å². The number of aryl methyl sites for hydroxylation is 1. The van der Waals surface area contributed by atoms with Crippen molar-refractivity contribution >= 4 is 55.8 Å². The SMILES string of the molecule is Cc1c2[nH]c3cc4c(cc3oc2cc2[nH]c3cc5c(cc3oc12)NCN5)=NCN=4. The zero-order valence-electron chi connectivity index (χ0n) is 15.5. The lowest BCUT2D eigenvalue weighted by molar-refractivity contribution is 0.645. The molecule has 2 aliphatic rings. The molecule has 0 aliphatic carbocycles. The van der Waals surface area contributed by atoms with Crippen LogP contribution >= 0.6 is 0 Å². The number of H-pyrrole nitrogens is 2. The van der Waals surface area contributed by atoms with E-state index in [4.69, 9.17) is 8.83 Å². The molecule has 0 atom stereocenters. The molecule has 7 rings (SSSR count). The summed E-state index contributed by atoms with van der Waals surface area (Å²) in [5, 5.41) is 8.37. The maximum absolute atomic E-state index is 6.30. The summed E-state index contributed by atoms with van der Waals surface area (Å²) in [5.41, 5.74) is 9.78. The number of nitrogens with zero attached hydrogens (tertiary/aromatic N) is 2. The smallest absolute Gasteiger partial charge is 0.156 e. The van der Waals surface area contributed by atoms with Gasteiger partial charge in [0.2, 0.25) is 0 Å².